The van der Waals surface area contributed by atoms with Crippen LogP contribution in [0.15, 0.2) is 72.8 Å². The van der Waals surface area contributed by atoms with Crippen LogP contribution in [-0.4, -0.2) is 44.8 Å². The maximum atomic E-state index is 11.9. The zero-order valence-corrected chi connectivity index (χ0v) is 27.8. The summed E-state index contributed by atoms with van der Waals surface area (Å²) in [5.41, 5.74) is 9.12. The quantitative estimate of drug-likeness (QED) is 0.146. The number of amides is 3. The first kappa shape index (κ1) is 31.5. The highest BCUT2D eigenvalue weighted by molar-refractivity contribution is 7.22. The second kappa shape index (κ2) is 13.6. The monoisotopic (exact) mass is 677 g/mol. The van der Waals surface area contributed by atoms with Gasteiger partial charge in [-0.3, -0.25) is 19.2 Å². The van der Waals surface area contributed by atoms with Gasteiger partial charge in [0.15, 0.2) is 10.3 Å². The number of hydrogen-bond acceptors (Lipinski definition) is 10. The molecule has 2 aliphatic rings. The van der Waals surface area contributed by atoms with Gasteiger partial charge in [0.2, 0.25) is 11.8 Å². The molecule has 242 valence electrons. The number of pyridine rings is 2. The molecule has 0 bridgehead atoms. The first-order valence-electron chi connectivity index (χ1n) is 15.5. The molecule has 0 saturated heterocycles. The molecule has 3 N–H and O–H groups in total. The minimum absolute atomic E-state index is 0.0288. The van der Waals surface area contributed by atoms with E-state index in [1.807, 2.05) is 36.4 Å². The Bertz CT molecular complexity index is 2170. The maximum absolute atomic E-state index is 11.9. The number of aryl methyl sites for hydroxylation is 1. The van der Waals surface area contributed by atoms with Gasteiger partial charge in [-0.2, -0.15) is 0 Å². The lowest BCUT2D eigenvalue weighted by atomic mass is 10.1. The molecule has 8 rings (SSSR count). The second-order valence-corrected chi connectivity index (χ2v) is 13.6. The van der Waals surface area contributed by atoms with Gasteiger partial charge in [-0.25, -0.2) is 25.4 Å². The van der Waals surface area contributed by atoms with Crippen molar-refractivity contribution in [1.29, 1.82) is 0 Å². The zero-order valence-electron chi connectivity index (χ0n) is 26.1. The van der Waals surface area contributed by atoms with Gasteiger partial charge in [-0.05, 0) is 75.1 Å². The van der Waals surface area contributed by atoms with Crippen LogP contribution in [0.5, 0.6) is 0 Å². The molecule has 0 aliphatic heterocycles. The highest BCUT2D eigenvalue weighted by atomic mass is 32.1. The van der Waals surface area contributed by atoms with Crippen LogP contribution in [0.4, 0.5) is 10.3 Å². The van der Waals surface area contributed by atoms with Crippen molar-refractivity contribution in [3.8, 4) is 22.5 Å². The molecule has 0 spiro atoms. The van der Waals surface area contributed by atoms with E-state index in [0.717, 1.165) is 68.9 Å². The first-order valence-corrected chi connectivity index (χ1v) is 17.1. The van der Waals surface area contributed by atoms with E-state index in [2.05, 4.69) is 66.0 Å². The van der Waals surface area contributed by atoms with Crippen molar-refractivity contribution in [2.75, 3.05) is 17.7 Å². The van der Waals surface area contributed by atoms with Crippen molar-refractivity contribution in [2.45, 2.75) is 32.6 Å². The lowest BCUT2D eigenvalue weighted by Gasteiger charge is -2.05. The third-order valence-electron chi connectivity index (χ3n) is 7.80. The molecule has 2 aliphatic carbocycles. The van der Waals surface area contributed by atoms with Crippen LogP contribution >= 0.6 is 22.7 Å². The van der Waals surface area contributed by atoms with E-state index in [0.29, 0.717) is 15.8 Å². The Labute approximate surface area is 283 Å². The molecule has 0 radical (unpaired) electrons. The summed E-state index contributed by atoms with van der Waals surface area (Å²) in [7, 11) is 1.39. The average molecular weight is 678 g/mol. The van der Waals surface area contributed by atoms with Crippen LogP contribution in [0.2, 0.25) is 0 Å². The first-order chi connectivity index (χ1) is 23.3. The summed E-state index contributed by atoms with van der Waals surface area (Å²) in [6, 6.07) is 23.0. The number of rotatable bonds is 8. The minimum atomic E-state index is -0.321. The Hall–Kier alpha value is -5.11. The maximum Gasteiger partial charge on any atom is 0.274 e. The van der Waals surface area contributed by atoms with Crippen molar-refractivity contribution in [2.24, 2.45) is 11.8 Å². The summed E-state index contributed by atoms with van der Waals surface area (Å²) < 4.78 is 0. The van der Waals surface area contributed by atoms with Crippen LogP contribution in [-0.2, 0) is 14.4 Å². The second-order valence-electron chi connectivity index (χ2n) is 11.7. The number of hydrogen-bond donors (Lipinski definition) is 3. The molecule has 2 saturated carbocycles. The number of aromatic nitrogens is 4. The molecular weight excluding hydrogens is 647 g/mol. The number of nitrogens with one attached hydrogen (secondary N) is 3. The third-order valence-corrected chi connectivity index (χ3v) is 9.56. The van der Waals surface area contributed by atoms with E-state index in [1.54, 1.807) is 18.2 Å². The molecule has 11 nitrogen and oxygen atoms in total. The predicted molar refractivity (Wildman–Crippen MR) is 188 cm³/mol. The zero-order chi connectivity index (χ0) is 33.2. The van der Waals surface area contributed by atoms with E-state index >= 15 is 0 Å². The molecule has 13 heteroatoms. The van der Waals surface area contributed by atoms with Crippen LogP contribution in [0.25, 0.3) is 43.2 Å². The van der Waals surface area contributed by atoms with Crippen molar-refractivity contribution < 1.29 is 19.2 Å². The minimum Gasteiger partial charge on any atom is -0.302 e. The highest BCUT2D eigenvalue weighted by Crippen LogP contribution is 2.34. The number of carbonyl (C=O) groups is 3. The summed E-state index contributed by atoms with van der Waals surface area (Å²) in [5, 5.41) is 6.95. The van der Waals surface area contributed by atoms with Gasteiger partial charge in [0.05, 0.1) is 18.5 Å². The van der Waals surface area contributed by atoms with Crippen molar-refractivity contribution in [3.63, 3.8) is 0 Å². The van der Waals surface area contributed by atoms with Crippen LogP contribution in [0, 0.1) is 18.8 Å². The van der Waals surface area contributed by atoms with Gasteiger partial charge in [0, 0.05) is 28.5 Å². The van der Waals surface area contributed by atoms with E-state index in [9.17, 15) is 14.4 Å². The highest BCUT2D eigenvalue weighted by Gasteiger charge is 2.31. The van der Waals surface area contributed by atoms with E-state index in [1.165, 1.54) is 35.3 Å². The predicted octanol–water partition coefficient (Wildman–Crippen LogP) is 7.01. The largest absolute Gasteiger partial charge is 0.302 e. The van der Waals surface area contributed by atoms with E-state index in [4.69, 9.17) is 0 Å². The molecular formula is C35H31N7O4S2. The summed E-state index contributed by atoms with van der Waals surface area (Å²) in [5.74, 6) is 0.103. The molecule has 0 unspecified atom stereocenters. The number of nitrogens with zero attached hydrogens (tertiary/aromatic N) is 4. The Morgan fingerprint density at radius 3 is 1.71 bits per heavy atom. The summed E-state index contributed by atoms with van der Waals surface area (Å²) >= 11 is 2.77. The smallest absolute Gasteiger partial charge is 0.274 e. The fraction of sp³-hybridized carbons (Fsp3) is 0.229. The Morgan fingerprint density at radius 1 is 0.688 bits per heavy atom. The van der Waals surface area contributed by atoms with Gasteiger partial charge in [0.1, 0.15) is 20.7 Å². The number of thiazole rings is 2. The number of fused-ring (bicyclic) bond motifs is 2. The van der Waals surface area contributed by atoms with E-state index < -0.39 is 0 Å². The van der Waals surface area contributed by atoms with Gasteiger partial charge < -0.3 is 10.6 Å². The van der Waals surface area contributed by atoms with Gasteiger partial charge in [-0.15, -0.1) is 0 Å². The van der Waals surface area contributed by atoms with Gasteiger partial charge in [-0.1, -0.05) is 58.6 Å². The van der Waals surface area contributed by atoms with Crippen LogP contribution < -0.4 is 16.1 Å². The third kappa shape index (κ3) is 7.38. The van der Waals surface area contributed by atoms with Crippen LogP contribution in [0.1, 0.15) is 41.6 Å². The number of anilines is 2. The molecule has 3 amide bonds. The van der Waals surface area contributed by atoms with Gasteiger partial charge in [0.25, 0.3) is 5.91 Å². The SMILES string of the molecule is CONC(=O)c1cccc(-c2ccc3nc(NC(=O)C4CC4)sc3n2)c1.Cc1cccc(-c2ccc3nc(NC(=O)C4CC4)sc3n2)c1. The van der Waals surface area contributed by atoms with Crippen molar-refractivity contribution in [3.05, 3.63) is 83.9 Å². The van der Waals surface area contributed by atoms with E-state index in [-0.39, 0.29) is 29.6 Å². The molecule has 2 fully saturated rings. The van der Waals surface area contributed by atoms with Gasteiger partial charge >= 0.3 is 0 Å². The lowest BCUT2D eigenvalue weighted by Crippen LogP contribution is -2.21. The topological polar surface area (TPSA) is 148 Å². The Balaban J connectivity index is 0.000000154. The number of benzene rings is 2. The number of carbonyl (C=O) groups excluding carboxylic acids is 3. The standard InChI is InChI=1S/C18H16N4O3S.C17H15N3OS/c1-25-22-16(24)12-4-2-3-11(9-12)13-7-8-14-17(19-13)26-18(20-14)21-15(23)10-5-6-10;1-10-3-2-4-12(9-10)13-7-8-14-16(18-13)22-17(19-14)20-15(21)11-5-6-11/h2-4,7-10H,5-6H2,1H3,(H,22,24)(H,20,21,23);2-4,7-9,11H,5-6H2,1H3,(H,19,20,21). The van der Waals surface area contributed by atoms with Crippen molar-refractivity contribution >= 4 is 71.4 Å². The normalized spacial score (nSPS) is 13.9. The van der Waals surface area contributed by atoms with Crippen LogP contribution in [0.3, 0.4) is 0 Å². The molecule has 48 heavy (non-hydrogen) atoms. The fourth-order valence-electron chi connectivity index (χ4n) is 4.94. The summed E-state index contributed by atoms with van der Waals surface area (Å²) in [4.78, 5) is 60.0. The summed E-state index contributed by atoms with van der Waals surface area (Å²) in [6.45, 7) is 2.07. The average Bonchev–Trinajstić information content (AvgIpc) is 4.03. The summed E-state index contributed by atoms with van der Waals surface area (Å²) in [6.07, 6.45) is 3.89. The number of hydroxylamine groups is 1. The molecule has 6 aromatic rings. The molecule has 0 atom stereocenters. The molecule has 4 aromatic heterocycles. The molecule has 2 aromatic carbocycles. The van der Waals surface area contributed by atoms with Crippen molar-refractivity contribution in [1.82, 2.24) is 25.4 Å². The molecule has 4 heterocycles. The Kier molecular flexibility index (Phi) is 8.89. The fourth-order valence-corrected chi connectivity index (χ4v) is 6.63. The lowest BCUT2D eigenvalue weighted by molar-refractivity contribution is -0.118. The Morgan fingerprint density at radius 2 is 1.21 bits per heavy atom.